The van der Waals surface area contributed by atoms with Crippen molar-refractivity contribution in [1.82, 2.24) is 5.32 Å². The zero-order valence-corrected chi connectivity index (χ0v) is 12.2. The highest BCUT2D eigenvalue weighted by atomic mass is 19.2. The Morgan fingerprint density at radius 2 is 1.65 bits per heavy atom. The predicted molar refractivity (Wildman–Crippen MR) is 77.8 cm³/mol. The van der Waals surface area contributed by atoms with E-state index in [9.17, 15) is 22.4 Å². The van der Waals surface area contributed by atoms with Crippen molar-refractivity contribution in [2.75, 3.05) is 18.5 Å². The summed E-state index contributed by atoms with van der Waals surface area (Å²) >= 11 is 0. The van der Waals surface area contributed by atoms with Gasteiger partial charge in [0.15, 0.2) is 11.6 Å². The molecule has 0 bridgehead atoms. The average molecular weight is 326 g/mol. The van der Waals surface area contributed by atoms with Crippen LogP contribution in [0.4, 0.5) is 23.2 Å². The lowest BCUT2D eigenvalue weighted by Gasteiger charge is -2.19. The lowest BCUT2D eigenvalue weighted by atomic mass is 10.2. The second-order valence-electron chi connectivity index (χ2n) is 5.01. The summed E-state index contributed by atoms with van der Waals surface area (Å²) in [5.41, 5.74) is 0.613. The summed E-state index contributed by atoms with van der Waals surface area (Å²) in [4.78, 5) is 13.2. The van der Waals surface area contributed by atoms with Gasteiger partial charge in [0.05, 0.1) is 6.54 Å². The number of halogens is 4. The minimum Gasteiger partial charge on any atom is -0.365 e. The molecular weight excluding hydrogens is 312 g/mol. The van der Waals surface area contributed by atoms with E-state index >= 15 is 0 Å². The van der Waals surface area contributed by atoms with Crippen molar-refractivity contribution in [1.29, 1.82) is 0 Å². The Morgan fingerprint density at radius 1 is 1.00 bits per heavy atom. The maximum atomic E-state index is 13.1. The number of likely N-dealkylation sites (N-methyl/N-ethyl adjacent to an activating group) is 1. The third kappa shape index (κ3) is 4.70. The highest BCUT2D eigenvalue weighted by molar-refractivity contribution is 5.81. The van der Waals surface area contributed by atoms with Gasteiger partial charge in [0.2, 0.25) is 5.91 Å². The van der Waals surface area contributed by atoms with Gasteiger partial charge in [0.1, 0.15) is 11.6 Å². The molecule has 2 rings (SSSR count). The largest absolute Gasteiger partial charge is 0.365 e. The van der Waals surface area contributed by atoms with Crippen LogP contribution < -0.4 is 10.2 Å². The van der Waals surface area contributed by atoms with Gasteiger partial charge in [-0.2, -0.15) is 0 Å². The molecule has 7 heteroatoms. The van der Waals surface area contributed by atoms with Crippen LogP contribution in [0.2, 0.25) is 0 Å². The lowest BCUT2D eigenvalue weighted by Crippen LogP contribution is -2.34. The van der Waals surface area contributed by atoms with Crippen molar-refractivity contribution in [3.05, 3.63) is 65.2 Å². The van der Waals surface area contributed by atoms with Gasteiger partial charge in [-0.3, -0.25) is 4.79 Å². The van der Waals surface area contributed by atoms with Crippen LogP contribution in [0, 0.1) is 23.3 Å². The molecule has 0 spiro atoms. The monoisotopic (exact) mass is 326 g/mol. The van der Waals surface area contributed by atoms with Crippen LogP contribution >= 0.6 is 0 Å². The van der Waals surface area contributed by atoms with E-state index in [1.165, 1.54) is 18.0 Å². The molecule has 0 saturated heterocycles. The predicted octanol–water partition coefficient (Wildman–Crippen LogP) is 3.00. The minimum atomic E-state index is -1.01. The summed E-state index contributed by atoms with van der Waals surface area (Å²) in [6, 6.07) is 6.25. The van der Waals surface area contributed by atoms with Crippen molar-refractivity contribution >= 4 is 11.6 Å². The molecule has 1 amide bonds. The molecule has 0 radical (unpaired) electrons. The Labute approximate surface area is 130 Å². The Kier molecular flexibility index (Phi) is 5.20. The standard InChI is InChI=1S/C16H14F4N2O/c1-22(13-2-3-14(19)15(20)7-13)9-16(23)21-8-10-4-11(17)6-12(18)5-10/h2-7H,8-9H2,1H3,(H,21,23). The van der Waals surface area contributed by atoms with Crippen molar-refractivity contribution in [3.8, 4) is 0 Å². The van der Waals surface area contributed by atoms with E-state index in [2.05, 4.69) is 5.32 Å². The summed E-state index contributed by atoms with van der Waals surface area (Å²) in [6.45, 7) is -0.165. The molecule has 0 fully saturated rings. The third-order valence-electron chi connectivity index (χ3n) is 3.14. The highest BCUT2D eigenvalue weighted by Gasteiger charge is 2.10. The minimum absolute atomic E-state index is 0.0425. The second-order valence-corrected chi connectivity index (χ2v) is 5.01. The number of nitrogens with one attached hydrogen (secondary N) is 1. The summed E-state index contributed by atoms with van der Waals surface area (Å²) in [5, 5.41) is 2.50. The normalized spacial score (nSPS) is 10.5. The molecule has 3 nitrogen and oxygen atoms in total. The summed E-state index contributed by atoms with van der Waals surface area (Å²) in [7, 11) is 1.54. The fourth-order valence-corrected chi connectivity index (χ4v) is 2.00. The number of hydrogen-bond acceptors (Lipinski definition) is 2. The summed E-state index contributed by atoms with van der Waals surface area (Å²) in [5.74, 6) is -3.87. The van der Waals surface area contributed by atoms with Crippen molar-refractivity contribution in [2.24, 2.45) is 0 Å². The highest BCUT2D eigenvalue weighted by Crippen LogP contribution is 2.16. The van der Waals surface area contributed by atoms with Gasteiger partial charge >= 0.3 is 0 Å². The smallest absolute Gasteiger partial charge is 0.239 e. The van der Waals surface area contributed by atoms with Crippen molar-refractivity contribution in [3.63, 3.8) is 0 Å². The van der Waals surface area contributed by atoms with E-state index in [0.29, 0.717) is 5.69 Å². The molecular formula is C16H14F4N2O. The van der Waals surface area contributed by atoms with E-state index < -0.39 is 29.2 Å². The molecule has 0 aliphatic rings. The van der Waals surface area contributed by atoms with E-state index in [1.54, 1.807) is 0 Å². The van der Waals surface area contributed by atoms with Crippen LogP contribution in [0.5, 0.6) is 0 Å². The summed E-state index contributed by atoms with van der Waals surface area (Å²) in [6.07, 6.45) is 0. The van der Waals surface area contributed by atoms with E-state index in [-0.39, 0.29) is 18.7 Å². The molecule has 0 aromatic heterocycles. The van der Waals surface area contributed by atoms with Gasteiger partial charge in [-0.15, -0.1) is 0 Å². The van der Waals surface area contributed by atoms with Gasteiger partial charge < -0.3 is 10.2 Å². The first-order valence-corrected chi connectivity index (χ1v) is 6.73. The fourth-order valence-electron chi connectivity index (χ4n) is 2.00. The molecule has 2 aromatic carbocycles. The first kappa shape index (κ1) is 16.8. The number of rotatable bonds is 5. The van der Waals surface area contributed by atoms with Crippen LogP contribution in [-0.2, 0) is 11.3 Å². The van der Waals surface area contributed by atoms with E-state index in [1.807, 2.05) is 0 Å². The van der Waals surface area contributed by atoms with Gasteiger partial charge in [0.25, 0.3) is 0 Å². The lowest BCUT2D eigenvalue weighted by molar-refractivity contribution is -0.119. The van der Waals surface area contributed by atoms with Gasteiger partial charge in [-0.05, 0) is 29.8 Å². The molecule has 1 N–H and O–H groups in total. The van der Waals surface area contributed by atoms with Crippen LogP contribution in [0.15, 0.2) is 36.4 Å². The SMILES string of the molecule is CN(CC(=O)NCc1cc(F)cc(F)c1)c1ccc(F)c(F)c1. The maximum absolute atomic E-state index is 13.1. The number of hydrogen-bond donors (Lipinski definition) is 1. The Morgan fingerprint density at radius 3 is 2.26 bits per heavy atom. The number of carbonyl (C=O) groups excluding carboxylic acids is 1. The van der Waals surface area contributed by atoms with Gasteiger partial charge in [0, 0.05) is 31.4 Å². The average Bonchev–Trinajstić information content (AvgIpc) is 2.47. The molecule has 0 atom stereocenters. The molecule has 0 heterocycles. The number of anilines is 1. The quantitative estimate of drug-likeness (QED) is 0.857. The molecule has 0 unspecified atom stereocenters. The van der Waals surface area contributed by atoms with Crippen LogP contribution in [0.1, 0.15) is 5.56 Å². The zero-order valence-electron chi connectivity index (χ0n) is 12.2. The summed E-state index contributed by atoms with van der Waals surface area (Å²) < 4.78 is 52.1. The van der Waals surface area contributed by atoms with Crippen LogP contribution in [-0.4, -0.2) is 19.5 Å². The second kappa shape index (κ2) is 7.13. The topological polar surface area (TPSA) is 32.3 Å². The Bertz CT molecular complexity index is 701. The van der Waals surface area contributed by atoms with E-state index in [0.717, 1.165) is 30.3 Å². The maximum Gasteiger partial charge on any atom is 0.239 e. The van der Waals surface area contributed by atoms with Crippen LogP contribution in [0.25, 0.3) is 0 Å². The molecule has 0 saturated carbocycles. The zero-order chi connectivity index (χ0) is 17.0. The number of nitrogens with zero attached hydrogens (tertiary/aromatic N) is 1. The number of benzene rings is 2. The number of carbonyl (C=O) groups is 1. The van der Waals surface area contributed by atoms with E-state index in [4.69, 9.17) is 0 Å². The molecule has 0 aliphatic heterocycles. The van der Waals surface area contributed by atoms with Gasteiger partial charge in [-0.1, -0.05) is 0 Å². The fraction of sp³-hybridized carbons (Fsp3) is 0.188. The van der Waals surface area contributed by atoms with Crippen LogP contribution in [0.3, 0.4) is 0 Å². The first-order valence-electron chi connectivity index (χ1n) is 6.73. The van der Waals surface area contributed by atoms with Crippen molar-refractivity contribution < 1.29 is 22.4 Å². The first-order chi connectivity index (χ1) is 10.8. The van der Waals surface area contributed by atoms with Gasteiger partial charge in [-0.25, -0.2) is 17.6 Å². The third-order valence-corrected chi connectivity index (χ3v) is 3.14. The number of amides is 1. The van der Waals surface area contributed by atoms with Crippen molar-refractivity contribution in [2.45, 2.75) is 6.54 Å². The molecule has 122 valence electrons. The molecule has 23 heavy (non-hydrogen) atoms. The molecule has 0 aliphatic carbocycles. The Hall–Kier alpha value is -2.57. The Balaban J connectivity index is 1.92. The molecule has 2 aromatic rings.